The summed E-state index contributed by atoms with van der Waals surface area (Å²) in [7, 11) is 0. The number of carbonyl (C=O) groups is 1. The Morgan fingerprint density at radius 3 is 2.43 bits per heavy atom. The van der Waals surface area contributed by atoms with Gasteiger partial charge in [-0.2, -0.15) is 0 Å². The largest absolute Gasteiger partial charge is 0.325 e. The molecule has 2 aromatic carbocycles. The van der Waals surface area contributed by atoms with Gasteiger partial charge in [0.05, 0.1) is 32.0 Å². The van der Waals surface area contributed by atoms with Gasteiger partial charge >= 0.3 is 0 Å². The number of benzene rings is 2. The lowest BCUT2D eigenvalue weighted by Gasteiger charge is -2.09. The number of hydrogen-bond donors (Lipinski definition) is 1. The van der Waals surface area contributed by atoms with Crippen molar-refractivity contribution < 1.29 is 9.72 Å². The van der Waals surface area contributed by atoms with Crippen LogP contribution in [0.3, 0.4) is 0 Å². The van der Waals surface area contributed by atoms with Crippen LogP contribution in [-0.4, -0.2) is 16.6 Å². The quantitative estimate of drug-likeness (QED) is 0.459. The SMILES string of the molecule is Cc1c(NC(=O)CSc2c(Cl)cccc2Cl)cccc1[N+](=O)[O-]. The fraction of sp³-hybridized carbons (Fsp3) is 0.133. The molecule has 0 spiro atoms. The van der Waals surface area contributed by atoms with E-state index < -0.39 is 4.92 Å². The van der Waals surface area contributed by atoms with Crippen molar-refractivity contribution in [2.45, 2.75) is 11.8 Å². The van der Waals surface area contributed by atoms with Crippen LogP contribution in [-0.2, 0) is 4.79 Å². The van der Waals surface area contributed by atoms with Gasteiger partial charge in [0.1, 0.15) is 0 Å². The molecule has 23 heavy (non-hydrogen) atoms. The van der Waals surface area contributed by atoms with Gasteiger partial charge < -0.3 is 5.32 Å². The molecule has 2 aromatic rings. The lowest BCUT2D eigenvalue weighted by molar-refractivity contribution is -0.385. The minimum Gasteiger partial charge on any atom is -0.325 e. The lowest BCUT2D eigenvalue weighted by atomic mass is 10.1. The molecule has 1 N–H and O–H groups in total. The van der Waals surface area contributed by atoms with Crippen LogP contribution in [0.1, 0.15) is 5.56 Å². The van der Waals surface area contributed by atoms with E-state index in [1.165, 1.54) is 23.9 Å². The Hall–Kier alpha value is -1.76. The third kappa shape index (κ3) is 4.37. The van der Waals surface area contributed by atoms with Crippen molar-refractivity contribution in [1.82, 2.24) is 0 Å². The minimum atomic E-state index is -0.483. The van der Waals surface area contributed by atoms with E-state index in [2.05, 4.69) is 5.32 Å². The van der Waals surface area contributed by atoms with Gasteiger partial charge in [0.15, 0.2) is 0 Å². The van der Waals surface area contributed by atoms with Gasteiger partial charge in [0.2, 0.25) is 5.91 Å². The van der Waals surface area contributed by atoms with Gasteiger partial charge in [0.25, 0.3) is 5.69 Å². The van der Waals surface area contributed by atoms with Crippen LogP contribution in [0.4, 0.5) is 11.4 Å². The van der Waals surface area contributed by atoms with E-state index in [1.807, 2.05) is 0 Å². The molecule has 0 aliphatic heterocycles. The highest BCUT2D eigenvalue weighted by Crippen LogP contribution is 2.34. The zero-order chi connectivity index (χ0) is 17.0. The number of halogens is 2. The van der Waals surface area contributed by atoms with Crippen molar-refractivity contribution >= 4 is 52.2 Å². The second kappa shape index (κ2) is 7.68. The first-order chi connectivity index (χ1) is 10.9. The number of hydrogen-bond acceptors (Lipinski definition) is 4. The maximum absolute atomic E-state index is 12.1. The van der Waals surface area contributed by atoms with Gasteiger partial charge in [-0.1, -0.05) is 35.3 Å². The molecule has 0 saturated heterocycles. The molecule has 0 radical (unpaired) electrons. The second-order valence-electron chi connectivity index (χ2n) is 4.59. The van der Waals surface area contributed by atoms with Crippen LogP contribution in [0.5, 0.6) is 0 Å². The van der Waals surface area contributed by atoms with Gasteiger partial charge in [0, 0.05) is 11.0 Å². The summed E-state index contributed by atoms with van der Waals surface area (Å²) in [4.78, 5) is 23.1. The van der Waals surface area contributed by atoms with Crippen LogP contribution >= 0.6 is 35.0 Å². The smallest absolute Gasteiger partial charge is 0.274 e. The van der Waals surface area contributed by atoms with E-state index in [4.69, 9.17) is 23.2 Å². The molecule has 0 aliphatic carbocycles. The van der Waals surface area contributed by atoms with Crippen LogP contribution in [0.25, 0.3) is 0 Å². The van der Waals surface area contributed by atoms with Gasteiger partial charge in [-0.3, -0.25) is 14.9 Å². The highest BCUT2D eigenvalue weighted by molar-refractivity contribution is 8.00. The molecule has 0 bridgehead atoms. The molecule has 0 heterocycles. The number of nitrogens with one attached hydrogen (secondary N) is 1. The van der Waals surface area contributed by atoms with E-state index >= 15 is 0 Å². The Balaban J connectivity index is 2.06. The summed E-state index contributed by atoms with van der Waals surface area (Å²) >= 11 is 13.3. The minimum absolute atomic E-state index is 0.0374. The Kier molecular flexibility index (Phi) is 5.87. The number of nitrogens with zero attached hydrogens (tertiary/aromatic N) is 1. The molecule has 0 saturated carbocycles. The Labute approximate surface area is 147 Å². The molecule has 0 atom stereocenters. The first-order valence-corrected chi connectivity index (χ1v) is 8.25. The summed E-state index contributed by atoms with van der Waals surface area (Å²) in [5.74, 6) is -0.208. The zero-order valence-electron chi connectivity index (χ0n) is 12.0. The van der Waals surface area contributed by atoms with Crippen molar-refractivity contribution in [1.29, 1.82) is 0 Å². The predicted octanol–water partition coefficient (Wildman–Crippen LogP) is 4.94. The average Bonchev–Trinajstić information content (AvgIpc) is 2.48. The van der Waals surface area contributed by atoms with Crippen molar-refractivity contribution in [3.05, 3.63) is 62.1 Å². The Bertz CT molecular complexity index is 748. The number of anilines is 1. The summed E-state index contributed by atoms with van der Waals surface area (Å²) in [6, 6.07) is 9.65. The van der Waals surface area contributed by atoms with E-state index in [0.717, 1.165) is 0 Å². The molecule has 1 amide bonds. The predicted molar refractivity (Wildman–Crippen MR) is 93.6 cm³/mol. The molecule has 0 unspecified atom stereocenters. The van der Waals surface area contributed by atoms with Crippen LogP contribution in [0.15, 0.2) is 41.3 Å². The third-order valence-corrected chi connectivity index (χ3v) is 5.03. The molecule has 5 nitrogen and oxygen atoms in total. The zero-order valence-corrected chi connectivity index (χ0v) is 14.3. The standard InChI is InChI=1S/C15H12Cl2N2O3S/c1-9-12(6-3-7-13(9)19(21)22)18-14(20)8-23-15-10(16)4-2-5-11(15)17/h2-7H,8H2,1H3,(H,18,20). The monoisotopic (exact) mass is 370 g/mol. The van der Waals surface area contributed by atoms with Crippen LogP contribution in [0.2, 0.25) is 10.0 Å². The molecule has 120 valence electrons. The molecule has 8 heteroatoms. The topological polar surface area (TPSA) is 72.2 Å². The summed E-state index contributed by atoms with van der Waals surface area (Å²) in [5.41, 5.74) is 0.784. The highest BCUT2D eigenvalue weighted by Gasteiger charge is 2.15. The summed E-state index contributed by atoms with van der Waals surface area (Å²) in [6.45, 7) is 1.59. The Morgan fingerprint density at radius 2 is 1.83 bits per heavy atom. The van der Waals surface area contributed by atoms with Gasteiger partial charge in [-0.15, -0.1) is 11.8 Å². The first-order valence-electron chi connectivity index (χ1n) is 6.51. The number of carbonyl (C=O) groups excluding carboxylic acids is 1. The first kappa shape index (κ1) is 17.6. The number of nitro groups is 1. The van der Waals surface area contributed by atoms with E-state index in [-0.39, 0.29) is 17.3 Å². The van der Waals surface area contributed by atoms with E-state index in [0.29, 0.717) is 26.2 Å². The van der Waals surface area contributed by atoms with Gasteiger partial charge in [-0.25, -0.2) is 0 Å². The summed E-state index contributed by atoms with van der Waals surface area (Å²) < 4.78 is 0. The maximum atomic E-state index is 12.1. The lowest BCUT2D eigenvalue weighted by Crippen LogP contribution is -2.15. The average molecular weight is 371 g/mol. The number of nitro benzene ring substituents is 1. The fourth-order valence-electron chi connectivity index (χ4n) is 1.90. The van der Waals surface area contributed by atoms with Crippen LogP contribution < -0.4 is 5.32 Å². The van der Waals surface area contributed by atoms with Gasteiger partial charge in [-0.05, 0) is 25.1 Å². The van der Waals surface area contributed by atoms with Crippen molar-refractivity contribution in [3.63, 3.8) is 0 Å². The van der Waals surface area contributed by atoms with Crippen LogP contribution in [0, 0.1) is 17.0 Å². The van der Waals surface area contributed by atoms with Crippen molar-refractivity contribution in [3.8, 4) is 0 Å². The fourth-order valence-corrected chi connectivity index (χ4v) is 3.39. The second-order valence-corrected chi connectivity index (χ2v) is 6.39. The van der Waals surface area contributed by atoms with E-state index in [1.54, 1.807) is 31.2 Å². The molecule has 0 aromatic heterocycles. The number of thioether (sulfide) groups is 1. The molecular formula is C15H12Cl2N2O3S. The normalized spacial score (nSPS) is 10.4. The third-order valence-electron chi connectivity index (χ3n) is 3.04. The Morgan fingerprint density at radius 1 is 1.22 bits per heavy atom. The summed E-state index contributed by atoms with van der Waals surface area (Å²) in [6.07, 6.45) is 0. The van der Waals surface area contributed by atoms with Crippen molar-refractivity contribution in [2.75, 3.05) is 11.1 Å². The molecule has 0 fully saturated rings. The molecule has 0 aliphatic rings. The maximum Gasteiger partial charge on any atom is 0.274 e. The van der Waals surface area contributed by atoms with E-state index in [9.17, 15) is 14.9 Å². The number of amides is 1. The van der Waals surface area contributed by atoms with Crippen molar-refractivity contribution in [2.24, 2.45) is 0 Å². The summed E-state index contributed by atoms with van der Waals surface area (Å²) in [5, 5.41) is 14.5. The highest BCUT2D eigenvalue weighted by atomic mass is 35.5. The number of rotatable bonds is 5. The molecule has 2 rings (SSSR count). The molecular weight excluding hydrogens is 359 g/mol.